The van der Waals surface area contributed by atoms with Gasteiger partial charge in [-0.15, -0.1) is 0 Å². The molecule has 1 atom stereocenters. The molecule has 1 N–H and O–H groups in total. The lowest BCUT2D eigenvalue weighted by molar-refractivity contribution is -0.122. The van der Waals surface area contributed by atoms with E-state index in [-0.39, 0.29) is 35.6 Å². The van der Waals surface area contributed by atoms with Crippen molar-refractivity contribution >= 4 is 11.6 Å². The van der Waals surface area contributed by atoms with Crippen LogP contribution in [0.25, 0.3) is 0 Å². The van der Waals surface area contributed by atoms with Crippen LogP contribution in [0.3, 0.4) is 0 Å². The van der Waals surface area contributed by atoms with E-state index < -0.39 is 0 Å². The summed E-state index contributed by atoms with van der Waals surface area (Å²) in [5.74, 6) is -0.153. The van der Waals surface area contributed by atoms with Gasteiger partial charge in [0.15, 0.2) is 5.75 Å². The van der Waals surface area contributed by atoms with E-state index in [1.54, 1.807) is 29.0 Å². The summed E-state index contributed by atoms with van der Waals surface area (Å²) in [5.41, 5.74) is 1.57. The van der Waals surface area contributed by atoms with Crippen LogP contribution in [-0.4, -0.2) is 67.9 Å². The van der Waals surface area contributed by atoms with E-state index in [1.807, 2.05) is 0 Å². The minimum Gasteiger partial charge on any atom is -0.491 e. The summed E-state index contributed by atoms with van der Waals surface area (Å²) in [6.07, 6.45) is 3.67. The molecule has 2 saturated heterocycles. The van der Waals surface area contributed by atoms with E-state index in [0.717, 1.165) is 57.0 Å². The number of nitrogens with one attached hydrogen (secondary N) is 1. The average molecular weight is 459 g/mol. The Morgan fingerprint density at radius 2 is 1.97 bits per heavy atom. The summed E-state index contributed by atoms with van der Waals surface area (Å²) in [7, 11) is 1.45. The van der Waals surface area contributed by atoms with Gasteiger partial charge in [0.2, 0.25) is 11.3 Å². The number of nitrogens with zero attached hydrogens (tertiary/aromatic N) is 3. The Bertz CT molecular complexity index is 997. The number of piperazine rings is 1. The van der Waals surface area contributed by atoms with Crippen LogP contribution in [-0.2, 0) is 22.6 Å². The molecule has 1 unspecified atom stereocenters. The lowest BCUT2D eigenvalue weighted by atomic mass is 10.2. The number of methoxy groups -OCH3 is 1. The van der Waals surface area contributed by atoms with E-state index in [9.17, 15) is 14.0 Å². The second kappa shape index (κ2) is 10.8. The number of amides is 1. The SMILES string of the molecule is COc1cn(CC(=O)NCC2CCCO2)c(CN2CCN(c3ccc(F)cc3)CC2)cc1=O. The highest BCUT2D eigenvalue weighted by atomic mass is 19.1. The fourth-order valence-corrected chi connectivity index (χ4v) is 4.32. The molecule has 3 heterocycles. The first-order chi connectivity index (χ1) is 16.0. The number of halogens is 1. The first-order valence-electron chi connectivity index (χ1n) is 11.4. The largest absolute Gasteiger partial charge is 0.491 e. The number of anilines is 1. The Hall–Kier alpha value is -2.91. The predicted molar refractivity (Wildman–Crippen MR) is 123 cm³/mol. The van der Waals surface area contributed by atoms with Crippen LogP contribution in [0.4, 0.5) is 10.1 Å². The standard InChI is InChI=1S/C24H31FN4O4/c1-32-23-16-29(17-24(31)26-14-21-3-2-12-33-21)20(13-22(23)30)15-27-8-10-28(11-9-27)19-6-4-18(25)5-7-19/h4-7,13,16,21H,2-3,8-12,14-15,17H2,1H3,(H,26,31). The fourth-order valence-electron chi connectivity index (χ4n) is 4.32. The molecular formula is C24H31FN4O4. The minimum absolute atomic E-state index is 0.0781. The predicted octanol–water partition coefficient (Wildman–Crippen LogP) is 1.61. The van der Waals surface area contributed by atoms with E-state index >= 15 is 0 Å². The fraction of sp³-hybridized carbons (Fsp3) is 0.500. The molecular weight excluding hydrogens is 427 g/mol. The minimum atomic E-state index is -0.241. The maximum absolute atomic E-state index is 13.2. The van der Waals surface area contributed by atoms with Crippen molar-refractivity contribution in [3.8, 4) is 5.75 Å². The smallest absolute Gasteiger partial charge is 0.240 e. The van der Waals surface area contributed by atoms with Crippen LogP contribution < -0.4 is 20.4 Å². The van der Waals surface area contributed by atoms with Gasteiger partial charge in [-0.1, -0.05) is 0 Å². The van der Waals surface area contributed by atoms with Gasteiger partial charge in [0.05, 0.1) is 19.4 Å². The summed E-state index contributed by atoms with van der Waals surface area (Å²) >= 11 is 0. The molecule has 1 aromatic carbocycles. The highest BCUT2D eigenvalue weighted by molar-refractivity contribution is 5.75. The Kier molecular flexibility index (Phi) is 7.61. The summed E-state index contributed by atoms with van der Waals surface area (Å²) in [4.78, 5) is 29.4. The van der Waals surface area contributed by atoms with Crippen LogP contribution in [0, 0.1) is 5.82 Å². The number of carbonyl (C=O) groups excluding carboxylic acids is 1. The Labute approximate surface area is 192 Å². The van der Waals surface area contributed by atoms with E-state index in [4.69, 9.17) is 9.47 Å². The van der Waals surface area contributed by atoms with Crippen molar-refractivity contribution in [2.45, 2.75) is 32.0 Å². The number of ether oxygens (including phenoxy) is 2. The number of aromatic nitrogens is 1. The molecule has 0 spiro atoms. The molecule has 9 heteroatoms. The number of benzene rings is 1. The number of pyridine rings is 1. The molecule has 1 aromatic heterocycles. The van der Waals surface area contributed by atoms with Gasteiger partial charge in [0.1, 0.15) is 12.4 Å². The van der Waals surface area contributed by atoms with Crippen molar-refractivity contribution < 1.29 is 18.7 Å². The quantitative estimate of drug-likeness (QED) is 0.648. The molecule has 0 radical (unpaired) electrons. The summed E-state index contributed by atoms with van der Waals surface area (Å²) in [6, 6.07) is 8.09. The third kappa shape index (κ3) is 6.11. The third-order valence-electron chi connectivity index (χ3n) is 6.22. The topological polar surface area (TPSA) is 76.0 Å². The van der Waals surface area contributed by atoms with Crippen LogP contribution in [0.1, 0.15) is 18.5 Å². The molecule has 33 heavy (non-hydrogen) atoms. The molecule has 0 bridgehead atoms. The molecule has 178 valence electrons. The van der Waals surface area contributed by atoms with Crippen LogP contribution in [0.5, 0.6) is 5.75 Å². The first-order valence-corrected chi connectivity index (χ1v) is 11.4. The van der Waals surface area contributed by atoms with Gasteiger partial charge in [-0.25, -0.2) is 4.39 Å². The van der Waals surface area contributed by atoms with E-state index in [1.165, 1.54) is 19.2 Å². The van der Waals surface area contributed by atoms with Crippen molar-refractivity contribution in [2.24, 2.45) is 0 Å². The number of hydrogen-bond acceptors (Lipinski definition) is 6. The Morgan fingerprint density at radius 3 is 2.64 bits per heavy atom. The normalized spacial score (nSPS) is 19.0. The highest BCUT2D eigenvalue weighted by Crippen LogP contribution is 2.18. The molecule has 8 nitrogen and oxygen atoms in total. The van der Waals surface area contributed by atoms with E-state index in [0.29, 0.717) is 13.1 Å². The molecule has 0 saturated carbocycles. The second-order valence-corrected chi connectivity index (χ2v) is 8.50. The van der Waals surface area contributed by atoms with Gasteiger partial charge >= 0.3 is 0 Å². The molecule has 2 fully saturated rings. The first kappa shape index (κ1) is 23.3. The van der Waals surface area contributed by atoms with Crippen molar-refractivity contribution in [1.82, 2.24) is 14.8 Å². The lowest BCUT2D eigenvalue weighted by Crippen LogP contribution is -2.46. The maximum atomic E-state index is 13.2. The summed E-state index contributed by atoms with van der Waals surface area (Å²) < 4.78 is 25.7. The van der Waals surface area contributed by atoms with Gasteiger partial charge in [-0.3, -0.25) is 14.5 Å². The molecule has 4 rings (SSSR count). The lowest BCUT2D eigenvalue weighted by Gasteiger charge is -2.36. The van der Waals surface area contributed by atoms with Crippen molar-refractivity contribution in [3.05, 3.63) is 58.3 Å². The molecule has 0 aliphatic carbocycles. The monoisotopic (exact) mass is 458 g/mol. The van der Waals surface area contributed by atoms with Crippen LogP contribution >= 0.6 is 0 Å². The number of hydrogen-bond donors (Lipinski definition) is 1. The number of rotatable bonds is 8. The van der Waals surface area contributed by atoms with E-state index in [2.05, 4.69) is 15.1 Å². The third-order valence-corrected chi connectivity index (χ3v) is 6.22. The van der Waals surface area contributed by atoms with Gasteiger partial charge < -0.3 is 24.3 Å². The second-order valence-electron chi connectivity index (χ2n) is 8.50. The highest BCUT2D eigenvalue weighted by Gasteiger charge is 2.20. The van der Waals surface area contributed by atoms with Crippen molar-refractivity contribution in [2.75, 3.05) is 51.3 Å². The van der Waals surface area contributed by atoms with Gasteiger partial charge in [0.25, 0.3) is 0 Å². The molecule has 2 aromatic rings. The molecule has 1 amide bonds. The zero-order valence-electron chi connectivity index (χ0n) is 19.0. The molecule has 2 aliphatic rings. The van der Waals surface area contributed by atoms with Crippen LogP contribution in [0.15, 0.2) is 41.3 Å². The Morgan fingerprint density at radius 1 is 1.21 bits per heavy atom. The molecule has 2 aliphatic heterocycles. The maximum Gasteiger partial charge on any atom is 0.240 e. The Balaban J connectivity index is 1.39. The van der Waals surface area contributed by atoms with Crippen molar-refractivity contribution in [1.29, 1.82) is 0 Å². The van der Waals surface area contributed by atoms with Crippen molar-refractivity contribution in [3.63, 3.8) is 0 Å². The summed E-state index contributed by atoms with van der Waals surface area (Å²) in [5, 5.41) is 2.93. The van der Waals surface area contributed by atoms with Gasteiger partial charge in [-0.2, -0.15) is 0 Å². The number of carbonyl (C=O) groups is 1. The van der Waals surface area contributed by atoms with Gasteiger partial charge in [0, 0.05) is 63.3 Å². The zero-order chi connectivity index (χ0) is 23.2. The zero-order valence-corrected chi connectivity index (χ0v) is 19.0. The van der Waals surface area contributed by atoms with Crippen LogP contribution in [0.2, 0.25) is 0 Å². The summed E-state index contributed by atoms with van der Waals surface area (Å²) in [6.45, 7) is 5.09. The average Bonchev–Trinajstić information content (AvgIpc) is 3.34. The van der Waals surface area contributed by atoms with Gasteiger partial charge in [-0.05, 0) is 37.1 Å².